The fourth-order valence-corrected chi connectivity index (χ4v) is 5.32. The first-order valence-corrected chi connectivity index (χ1v) is 13.8. The topological polar surface area (TPSA) is 157 Å². The Hall–Kier alpha value is -4.71. The number of benzene rings is 2. The molecule has 0 atom stereocenters. The molecule has 2 aromatic carbocycles. The summed E-state index contributed by atoms with van der Waals surface area (Å²) in [5.41, 5.74) is 8.65. The number of ether oxygens (including phenoxy) is 2. The number of fused-ring (bicyclic) bond motifs is 3. The van der Waals surface area contributed by atoms with Gasteiger partial charge in [0.05, 0.1) is 25.1 Å². The molecular formula is C30H39N7O5. The summed E-state index contributed by atoms with van der Waals surface area (Å²) in [6.45, 7) is 9.15. The van der Waals surface area contributed by atoms with E-state index in [9.17, 15) is 14.7 Å². The van der Waals surface area contributed by atoms with Crippen LogP contribution in [0.3, 0.4) is 0 Å². The summed E-state index contributed by atoms with van der Waals surface area (Å²) in [5.74, 6) is 5.41. The van der Waals surface area contributed by atoms with Crippen molar-refractivity contribution in [3.63, 3.8) is 0 Å². The van der Waals surface area contributed by atoms with E-state index in [1.807, 2.05) is 51.3 Å². The van der Waals surface area contributed by atoms with E-state index < -0.39 is 11.8 Å². The van der Waals surface area contributed by atoms with Gasteiger partial charge in [-0.1, -0.05) is 17.7 Å². The highest BCUT2D eigenvalue weighted by atomic mass is 16.5. The minimum atomic E-state index is -0.582. The molecule has 0 saturated carbocycles. The maximum atomic E-state index is 14.0. The lowest BCUT2D eigenvalue weighted by Gasteiger charge is -2.25. The Morgan fingerprint density at radius 1 is 1.12 bits per heavy atom. The van der Waals surface area contributed by atoms with Crippen LogP contribution in [0, 0.1) is 20.8 Å². The van der Waals surface area contributed by atoms with E-state index in [0.29, 0.717) is 36.6 Å². The molecule has 0 radical (unpaired) electrons. The minimum Gasteiger partial charge on any atom is -0.493 e. The van der Waals surface area contributed by atoms with E-state index in [0.717, 1.165) is 39.2 Å². The molecule has 42 heavy (non-hydrogen) atoms. The number of likely N-dealkylation sites (N-methyl/N-ethyl adjacent to an activating group) is 1. The first kappa shape index (κ1) is 30.3. The van der Waals surface area contributed by atoms with Crippen LogP contribution in [0.5, 0.6) is 11.5 Å². The SMILES string of the molecule is CCOc1cc2c(cc1OC)-c1c/c(=N\c3c(C)cc(C)cc3C)n(CCNC(=O)/C(NC)=C(\O)NN)c(=O)n1CC2. The first-order chi connectivity index (χ1) is 20.1. The molecule has 12 heteroatoms. The normalized spacial score (nSPS) is 13.1. The average molecular weight is 578 g/mol. The number of aliphatic hydroxyl groups excluding tert-OH is 1. The van der Waals surface area contributed by atoms with Crippen molar-refractivity contribution in [1.29, 1.82) is 0 Å². The number of carbonyl (C=O) groups excluding carboxylic acids is 1. The lowest BCUT2D eigenvalue weighted by Crippen LogP contribution is -2.45. The third-order valence-corrected chi connectivity index (χ3v) is 7.20. The van der Waals surface area contributed by atoms with E-state index in [2.05, 4.69) is 22.8 Å². The summed E-state index contributed by atoms with van der Waals surface area (Å²) < 4.78 is 14.7. The third kappa shape index (κ3) is 5.98. The number of nitrogens with one attached hydrogen (secondary N) is 3. The van der Waals surface area contributed by atoms with Crippen LogP contribution in [0.25, 0.3) is 11.3 Å². The van der Waals surface area contributed by atoms with E-state index >= 15 is 0 Å². The van der Waals surface area contributed by atoms with Crippen molar-refractivity contribution in [3.8, 4) is 22.8 Å². The van der Waals surface area contributed by atoms with Crippen molar-refractivity contribution in [1.82, 2.24) is 25.2 Å². The Bertz CT molecular complexity index is 1650. The summed E-state index contributed by atoms with van der Waals surface area (Å²) in [7, 11) is 3.08. The van der Waals surface area contributed by atoms with Gasteiger partial charge in [-0.05, 0) is 62.9 Å². The van der Waals surface area contributed by atoms with Gasteiger partial charge in [0.1, 0.15) is 5.49 Å². The number of rotatable bonds is 10. The fourth-order valence-electron chi connectivity index (χ4n) is 5.32. The van der Waals surface area contributed by atoms with Crippen molar-refractivity contribution in [2.24, 2.45) is 10.8 Å². The van der Waals surface area contributed by atoms with Crippen LogP contribution in [0.4, 0.5) is 5.69 Å². The van der Waals surface area contributed by atoms with Crippen LogP contribution in [0.1, 0.15) is 29.2 Å². The van der Waals surface area contributed by atoms with Crippen LogP contribution >= 0.6 is 0 Å². The van der Waals surface area contributed by atoms with Gasteiger partial charge < -0.3 is 25.2 Å². The number of nitrogens with two attached hydrogens (primary N) is 1. The zero-order chi connectivity index (χ0) is 30.6. The molecule has 1 aromatic heterocycles. The van der Waals surface area contributed by atoms with Crippen molar-refractivity contribution in [3.05, 3.63) is 80.1 Å². The number of carbonyl (C=O) groups is 1. The first-order valence-electron chi connectivity index (χ1n) is 13.8. The number of aromatic nitrogens is 2. The standard InChI is InChI=1S/C30H39N7O5/c1-7-42-24-14-20-8-10-36-22(21(20)15-23(24)41-6)16-25(34-26-18(3)12-17(2)13-19(26)4)37(30(36)40)11-9-33-28(38)27(32-5)29(39)35-31/h12-16,32,35,39H,7-11,31H2,1-6H3,(H,33,38)/b29-27+,34-25+. The number of nitrogens with zero attached hydrogens (tertiary/aromatic N) is 3. The van der Waals surface area contributed by atoms with Crippen LogP contribution in [0.2, 0.25) is 0 Å². The number of hydrogen-bond donors (Lipinski definition) is 5. The Morgan fingerprint density at radius 3 is 2.45 bits per heavy atom. The Balaban J connectivity index is 1.86. The number of methoxy groups -OCH3 is 1. The lowest BCUT2D eigenvalue weighted by atomic mass is 9.97. The van der Waals surface area contributed by atoms with Crippen LogP contribution in [0.15, 0.2) is 51.7 Å². The molecule has 6 N–H and O–H groups in total. The van der Waals surface area contributed by atoms with E-state index in [4.69, 9.17) is 20.3 Å². The molecule has 0 saturated heterocycles. The molecule has 0 fully saturated rings. The van der Waals surface area contributed by atoms with Gasteiger partial charge in [-0.2, -0.15) is 0 Å². The molecule has 0 spiro atoms. The van der Waals surface area contributed by atoms with Gasteiger partial charge in [0.2, 0.25) is 5.88 Å². The highest BCUT2D eigenvalue weighted by Crippen LogP contribution is 2.37. The van der Waals surface area contributed by atoms with Gasteiger partial charge in [-0.15, -0.1) is 0 Å². The molecule has 2 heterocycles. The van der Waals surface area contributed by atoms with Crippen molar-refractivity contribution >= 4 is 11.6 Å². The summed E-state index contributed by atoms with van der Waals surface area (Å²) in [6, 6.07) is 9.90. The van der Waals surface area contributed by atoms with Gasteiger partial charge in [-0.3, -0.25) is 19.4 Å². The smallest absolute Gasteiger partial charge is 0.330 e. The number of amides is 1. The maximum absolute atomic E-state index is 14.0. The lowest BCUT2D eigenvalue weighted by molar-refractivity contribution is -0.118. The van der Waals surface area contributed by atoms with Gasteiger partial charge >= 0.3 is 5.69 Å². The summed E-state index contributed by atoms with van der Waals surface area (Å²) in [4.78, 5) is 31.6. The fraction of sp³-hybridized carbons (Fsp3) is 0.367. The molecule has 3 aromatic rings. The van der Waals surface area contributed by atoms with Crippen molar-refractivity contribution < 1.29 is 19.4 Å². The minimum absolute atomic E-state index is 0.0949. The largest absolute Gasteiger partial charge is 0.493 e. The Morgan fingerprint density at radius 2 is 1.83 bits per heavy atom. The zero-order valence-corrected chi connectivity index (χ0v) is 24.9. The van der Waals surface area contributed by atoms with Gasteiger partial charge in [0.15, 0.2) is 17.2 Å². The average Bonchev–Trinajstić information content (AvgIpc) is 2.96. The molecule has 12 nitrogen and oxygen atoms in total. The number of aryl methyl sites for hydroxylation is 4. The van der Waals surface area contributed by atoms with Crippen molar-refractivity contribution in [2.45, 2.75) is 47.2 Å². The monoisotopic (exact) mass is 577 g/mol. The summed E-state index contributed by atoms with van der Waals surface area (Å²) in [6.07, 6.45) is 0.636. The van der Waals surface area contributed by atoms with Gasteiger partial charge in [-0.25, -0.2) is 15.6 Å². The Kier molecular flexibility index (Phi) is 9.26. The molecule has 0 aliphatic carbocycles. The molecule has 224 valence electrons. The number of hydrazine groups is 1. The second-order valence-electron chi connectivity index (χ2n) is 10.0. The molecule has 0 bridgehead atoms. The second-order valence-corrected chi connectivity index (χ2v) is 10.0. The van der Waals surface area contributed by atoms with Crippen molar-refractivity contribution in [2.75, 3.05) is 27.3 Å². The van der Waals surface area contributed by atoms with E-state index in [-0.39, 0.29) is 24.5 Å². The maximum Gasteiger partial charge on any atom is 0.330 e. The summed E-state index contributed by atoms with van der Waals surface area (Å²) >= 11 is 0. The Labute approximate surface area is 244 Å². The van der Waals surface area contributed by atoms with Crippen LogP contribution in [-0.4, -0.2) is 47.5 Å². The zero-order valence-electron chi connectivity index (χ0n) is 24.9. The predicted octanol–water partition coefficient (Wildman–Crippen LogP) is 1.96. The molecule has 1 amide bonds. The highest BCUT2D eigenvalue weighted by Gasteiger charge is 2.23. The highest BCUT2D eigenvalue weighted by molar-refractivity contribution is 5.93. The van der Waals surface area contributed by atoms with Crippen LogP contribution in [-0.2, 0) is 24.3 Å². The molecule has 1 aliphatic rings. The quantitative estimate of drug-likeness (QED) is 0.106. The predicted molar refractivity (Wildman–Crippen MR) is 160 cm³/mol. The number of aliphatic hydroxyl groups is 1. The molecule has 0 unspecified atom stereocenters. The van der Waals surface area contributed by atoms with E-state index in [1.165, 1.54) is 7.05 Å². The third-order valence-electron chi connectivity index (χ3n) is 7.20. The molecule has 1 aliphatic heterocycles. The number of hydrogen-bond acceptors (Lipinski definition) is 9. The van der Waals surface area contributed by atoms with Crippen LogP contribution < -0.4 is 42.6 Å². The molecule has 4 rings (SSSR count). The van der Waals surface area contributed by atoms with Gasteiger partial charge in [0.25, 0.3) is 5.91 Å². The second kappa shape index (κ2) is 12.9. The summed E-state index contributed by atoms with van der Waals surface area (Å²) in [5, 5.41) is 15.2. The van der Waals surface area contributed by atoms with Gasteiger partial charge in [0, 0.05) is 38.3 Å². The molecular weight excluding hydrogens is 538 g/mol. The van der Waals surface area contributed by atoms with E-state index in [1.54, 1.807) is 16.2 Å².